The molecule has 3 rings (SSSR count). The molecule has 9 heteroatoms. The Kier molecular flexibility index (Phi) is 4.82. The second-order valence-corrected chi connectivity index (χ2v) is 8.61. The van der Waals surface area contributed by atoms with Gasteiger partial charge in [-0.3, -0.25) is 10.1 Å². The Balaban J connectivity index is 2.00. The SMILES string of the molecule is O=[N+]([O-])c1cc(C2SCCN2S(=O)(=O)c2ccccc2)ccc1Cl. The van der Waals surface area contributed by atoms with Crippen LogP contribution in [0.25, 0.3) is 0 Å². The van der Waals surface area contributed by atoms with Crippen LogP contribution in [-0.4, -0.2) is 29.9 Å². The van der Waals surface area contributed by atoms with E-state index in [0.717, 1.165) is 0 Å². The summed E-state index contributed by atoms with van der Waals surface area (Å²) < 4.78 is 27.1. The first-order valence-electron chi connectivity index (χ1n) is 7.03. The topological polar surface area (TPSA) is 80.5 Å². The van der Waals surface area contributed by atoms with Crippen LogP contribution in [0.15, 0.2) is 53.4 Å². The van der Waals surface area contributed by atoms with E-state index in [9.17, 15) is 18.5 Å². The molecule has 0 aromatic heterocycles. The lowest BCUT2D eigenvalue weighted by Crippen LogP contribution is -2.30. The van der Waals surface area contributed by atoms with E-state index in [0.29, 0.717) is 17.9 Å². The number of nitro benzene ring substituents is 1. The molecule has 0 bridgehead atoms. The van der Waals surface area contributed by atoms with Gasteiger partial charge in [0, 0.05) is 18.4 Å². The molecule has 24 heavy (non-hydrogen) atoms. The molecular weight excluding hydrogens is 372 g/mol. The summed E-state index contributed by atoms with van der Waals surface area (Å²) in [6.07, 6.45) is 0. The number of hydrogen-bond donors (Lipinski definition) is 0. The summed E-state index contributed by atoms with van der Waals surface area (Å²) in [5.74, 6) is 0.618. The van der Waals surface area contributed by atoms with E-state index in [1.165, 1.54) is 28.2 Å². The predicted molar refractivity (Wildman–Crippen MR) is 93.6 cm³/mol. The molecule has 2 aromatic carbocycles. The van der Waals surface area contributed by atoms with Gasteiger partial charge in [0.25, 0.3) is 5.69 Å². The molecule has 1 unspecified atom stereocenters. The van der Waals surface area contributed by atoms with Gasteiger partial charge < -0.3 is 0 Å². The molecular formula is C15H13ClN2O4S2. The first-order chi connectivity index (χ1) is 11.4. The fourth-order valence-corrected chi connectivity index (χ4v) is 5.95. The number of halogens is 1. The Morgan fingerprint density at radius 3 is 2.58 bits per heavy atom. The van der Waals surface area contributed by atoms with Crippen LogP contribution < -0.4 is 0 Å². The van der Waals surface area contributed by atoms with Crippen LogP contribution in [0.5, 0.6) is 0 Å². The lowest BCUT2D eigenvalue weighted by Gasteiger charge is -2.23. The minimum Gasteiger partial charge on any atom is -0.258 e. The highest BCUT2D eigenvalue weighted by molar-refractivity contribution is 8.01. The third-order valence-corrected chi connectivity index (χ3v) is 7.24. The standard InChI is InChI=1S/C15H13ClN2O4S2/c16-13-7-6-11(10-14(13)18(19)20)15-17(8-9-23-15)24(21,22)12-4-2-1-3-5-12/h1-7,10,15H,8-9H2. The molecule has 0 aliphatic carbocycles. The largest absolute Gasteiger partial charge is 0.288 e. The Labute approximate surface area is 148 Å². The van der Waals surface area contributed by atoms with Gasteiger partial charge in [-0.25, -0.2) is 8.42 Å². The van der Waals surface area contributed by atoms with Crippen LogP contribution in [0.3, 0.4) is 0 Å². The molecule has 0 radical (unpaired) electrons. The maximum atomic E-state index is 12.9. The molecule has 1 saturated heterocycles. The fourth-order valence-electron chi connectivity index (χ4n) is 2.51. The minimum absolute atomic E-state index is 0.0317. The summed E-state index contributed by atoms with van der Waals surface area (Å²) in [5.41, 5.74) is 0.326. The lowest BCUT2D eigenvalue weighted by molar-refractivity contribution is -0.384. The van der Waals surface area contributed by atoms with Crippen molar-refractivity contribution in [1.29, 1.82) is 0 Å². The molecule has 1 fully saturated rings. The van der Waals surface area contributed by atoms with Crippen LogP contribution in [0.2, 0.25) is 5.02 Å². The van der Waals surface area contributed by atoms with Gasteiger partial charge in [0.2, 0.25) is 10.0 Å². The summed E-state index contributed by atoms with van der Waals surface area (Å²) in [7, 11) is -3.67. The molecule has 0 spiro atoms. The lowest BCUT2D eigenvalue weighted by atomic mass is 10.2. The Hall–Kier alpha value is -1.61. The molecule has 0 N–H and O–H groups in total. The number of sulfonamides is 1. The minimum atomic E-state index is -3.67. The van der Waals surface area contributed by atoms with Crippen molar-refractivity contribution in [1.82, 2.24) is 4.31 Å². The molecule has 1 heterocycles. The normalized spacial score (nSPS) is 18.6. The van der Waals surface area contributed by atoms with E-state index in [1.807, 2.05) is 0 Å². The quantitative estimate of drug-likeness (QED) is 0.593. The number of hydrogen-bond acceptors (Lipinski definition) is 5. The molecule has 0 amide bonds. The summed E-state index contributed by atoms with van der Waals surface area (Å²) in [6, 6.07) is 12.6. The van der Waals surface area contributed by atoms with Gasteiger partial charge in [0.15, 0.2) is 0 Å². The molecule has 6 nitrogen and oxygen atoms in total. The maximum Gasteiger partial charge on any atom is 0.288 e. The highest BCUT2D eigenvalue weighted by Crippen LogP contribution is 2.43. The predicted octanol–water partition coefficient (Wildman–Crippen LogP) is 3.68. The van der Waals surface area contributed by atoms with Gasteiger partial charge >= 0.3 is 0 Å². The number of rotatable bonds is 4. The van der Waals surface area contributed by atoms with Crippen LogP contribution in [0.4, 0.5) is 5.69 Å². The van der Waals surface area contributed by atoms with Crippen LogP contribution >= 0.6 is 23.4 Å². The van der Waals surface area contributed by atoms with Gasteiger partial charge in [-0.1, -0.05) is 35.9 Å². The van der Waals surface area contributed by atoms with Gasteiger partial charge in [-0.15, -0.1) is 11.8 Å². The van der Waals surface area contributed by atoms with Crippen molar-refractivity contribution in [3.05, 3.63) is 69.2 Å². The average molecular weight is 385 g/mol. The van der Waals surface area contributed by atoms with Crippen molar-refractivity contribution in [3.8, 4) is 0 Å². The first kappa shape index (κ1) is 17.2. The van der Waals surface area contributed by atoms with Crippen molar-refractivity contribution in [2.24, 2.45) is 0 Å². The van der Waals surface area contributed by atoms with E-state index >= 15 is 0 Å². The molecule has 0 saturated carbocycles. The zero-order chi connectivity index (χ0) is 17.3. The Morgan fingerprint density at radius 1 is 1.21 bits per heavy atom. The highest BCUT2D eigenvalue weighted by atomic mass is 35.5. The Bertz CT molecular complexity index is 874. The summed E-state index contributed by atoms with van der Waals surface area (Å²) in [6.45, 7) is 0.350. The second kappa shape index (κ2) is 6.72. The molecule has 1 aliphatic heterocycles. The second-order valence-electron chi connectivity index (χ2n) is 5.12. The van der Waals surface area contributed by atoms with Crippen LogP contribution in [-0.2, 0) is 10.0 Å². The van der Waals surface area contributed by atoms with Crippen molar-refractivity contribution >= 4 is 39.1 Å². The van der Waals surface area contributed by atoms with E-state index < -0.39 is 20.3 Å². The van der Waals surface area contributed by atoms with Crippen molar-refractivity contribution < 1.29 is 13.3 Å². The summed E-state index contributed by atoms with van der Waals surface area (Å²) in [5, 5.41) is 10.6. The summed E-state index contributed by atoms with van der Waals surface area (Å²) >= 11 is 7.27. The zero-order valence-electron chi connectivity index (χ0n) is 12.3. The average Bonchev–Trinajstić information content (AvgIpc) is 3.06. The maximum absolute atomic E-state index is 12.9. The molecule has 126 valence electrons. The molecule has 1 aliphatic rings. The molecule has 2 aromatic rings. The van der Waals surface area contributed by atoms with E-state index in [1.54, 1.807) is 36.4 Å². The highest BCUT2D eigenvalue weighted by Gasteiger charge is 2.37. The smallest absolute Gasteiger partial charge is 0.258 e. The third-order valence-electron chi connectivity index (χ3n) is 3.65. The Morgan fingerprint density at radius 2 is 1.92 bits per heavy atom. The van der Waals surface area contributed by atoms with Crippen LogP contribution in [0.1, 0.15) is 10.9 Å². The number of thioether (sulfide) groups is 1. The van der Waals surface area contributed by atoms with E-state index in [2.05, 4.69) is 0 Å². The number of nitro groups is 1. The number of benzene rings is 2. The van der Waals surface area contributed by atoms with Crippen molar-refractivity contribution in [2.75, 3.05) is 12.3 Å². The number of nitrogens with zero attached hydrogens (tertiary/aromatic N) is 2. The van der Waals surface area contributed by atoms with E-state index in [-0.39, 0.29) is 15.6 Å². The van der Waals surface area contributed by atoms with Gasteiger partial charge in [0.05, 0.1) is 15.2 Å². The van der Waals surface area contributed by atoms with Gasteiger partial charge in [-0.05, 0) is 23.8 Å². The van der Waals surface area contributed by atoms with Crippen molar-refractivity contribution in [2.45, 2.75) is 10.3 Å². The van der Waals surface area contributed by atoms with Crippen LogP contribution in [0, 0.1) is 10.1 Å². The van der Waals surface area contributed by atoms with Gasteiger partial charge in [-0.2, -0.15) is 4.31 Å². The van der Waals surface area contributed by atoms with Gasteiger partial charge in [0.1, 0.15) is 5.02 Å². The zero-order valence-corrected chi connectivity index (χ0v) is 14.7. The third kappa shape index (κ3) is 3.14. The van der Waals surface area contributed by atoms with E-state index in [4.69, 9.17) is 11.6 Å². The fraction of sp³-hybridized carbons (Fsp3) is 0.200. The van der Waals surface area contributed by atoms with Crippen molar-refractivity contribution in [3.63, 3.8) is 0 Å². The monoisotopic (exact) mass is 384 g/mol. The molecule has 1 atom stereocenters. The summed E-state index contributed by atoms with van der Waals surface area (Å²) in [4.78, 5) is 10.7. The first-order valence-corrected chi connectivity index (χ1v) is 9.90.